The van der Waals surface area contributed by atoms with Crippen LogP contribution in [0.5, 0.6) is 0 Å². The van der Waals surface area contributed by atoms with Crippen molar-refractivity contribution in [3.63, 3.8) is 0 Å². The summed E-state index contributed by atoms with van der Waals surface area (Å²) in [5.74, 6) is -0.970. The zero-order valence-electron chi connectivity index (χ0n) is 13.1. The van der Waals surface area contributed by atoms with Crippen molar-refractivity contribution in [1.29, 1.82) is 0 Å². The Balaban J connectivity index is 1.88. The number of para-hydroxylation sites is 1. The molecule has 0 fully saturated rings. The van der Waals surface area contributed by atoms with Gasteiger partial charge in [-0.3, -0.25) is 10.2 Å². The van der Waals surface area contributed by atoms with Gasteiger partial charge in [-0.2, -0.15) is 5.10 Å². The number of ether oxygens (including phenoxy) is 1. The molecule has 0 bridgehead atoms. The number of rotatable bonds is 3. The van der Waals surface area contributed by atoms with Crippen LogP contribution in [0.4, 0.5) is 9.18 Å². The van der Waals surface area contributed by atoms with Gasteiger partial charge in [-0.1, -0.05) is 12.1 Å². The lowest BCUT2D eigenvalue weighted by molar-refractivity contribution is 0.0906. The summed E-state index contributed by atoms with van der Waals surface area (Å²) in [4.78, 5) is 23.6. The predicted molar refractivity (Wildman–Crippen MR) is 83.2 cm³/mol. The van der Waals surface area contributed by atoms with Crippen LogP contribution in [0.15, 0.2) is 24.3 Å². The molecular weight excluding hydrogens is 315 g/mol. The molecule has 8 heteroatoms. The Hall–Kier alpha value is -2.90. The Labute approximate surface area is 137 Å². The van der Waals surface area contributed by atoms with Crippen molar-refractivity contribution >= 4 is 12.0 Å². The summed E-state index contributed by atoms with van der Waals surface area (Å²) in [5.41, 5.74) is 6.49. The van der Waals surface area contributed by atoms with E-state index in [0.717, 1.165) is 24.1 Å². The molecule has 2 N–H and O–H groups in total. The number of halogens is 1. The summed E-state index contributed by atoms with van der Waals surface area (Å²) < 4.78 is 20.2. The third-order valence-corrected chi connectivity index (χ3v) is 3.78. The monoisotopic (exact) mass is 332 g/mol. The van der Waals surface area contributed by atoms with Gasteiger partial charge in [-0.05, 0) is 38.3 Å². The molecule has 3 rings (SSSR count). The van der Waals surface area contributed by atoms with Gasteiger partial charge in [0.05, 0.1) is 6.61 Å². The van der Waals surface area contributed by atoms with Crippen LogP contribution in [0.2, 0.25) is 0 Å². The Bertz CT molecular complexity index is 788. The van der Waals surface area contributed by atoms with Crippen LogP contribution >= 0.6 is 0 Å². The molecule has 2 amide bonds. The molecule has 2 aromatic rings. The first-order chi connectivity index (χ1) is 11.6. The van der Waals surface area contributed by atoms with Crippen LogP contribution in [0.3, 0.4) is 0 Å². The van der Waals surface area contributed by atoms with Gasteiger partial charge in [-0.25, -0.2) is 19.3 Å². The van der Waals surface area contributed by atoms with Crippen molar-refractivity contribution in [2.45, 2.75) is 26.2 Å². The molecule has 0 aliphatic heterocycles. The van der Waals surface area contributed by atoms with Crippen molar-refractivity contribution in [3.8, 4) is 5.69 Å². The van der Waals surface area contributed by atoms with Crippen molar-refractivity contribution in [2.75, 3.05) is 6.61 Å². The van der Waals surface area contributed by atoms with E-state index in [-0.39, 0.29) is 12.3 Å². The quantitative estimate of drug-likeness (QED) is 0.841. The van der Waals surface area contributed by atoms with Gasteiger partial charge in [0.2, 0.25) is 0 Å². The van der Waals surface area contributed by atoms with Crippen molar-refractivity contribution in [3.05, 3.63) is 47.0 Å². The molecule has 7 nitrogen and oxygen atoms in total. The molecule has 0 saturated carbocycles. The number of benzene rings is 1. The standard InChI is InChI=1S/C16H17FN4O3/c1-2-24-16(23)19-18-15(22)14-10-6-5-9-12(10)21(20-14)13-8-4-3-7-11(13)17/h3-4,7-8H,2,5-6,9H2,1H3,(H,18,22)(H,19,23). The highest BCUT2D eigenvalue weighted by Crippen LogP contribution is 2.28. The molecule has 1 aromatic carbocycles. The van der Waals surface area contributed by atoms with Crippen LogP contribution < -0.4 is 10.9 Å². The molecule has 0 atom stereocenters. The van der Waals surface area contributed by atoms with Gasteiger partial charge >= 0.3 is 6.09 Å². The number of fused-ring (bicyclic) bond motifs is 1. The van der Waals surface area contributed by atoms with E-state index in [1.807, 2.05) is 0 Å². The number of amides is 2. The molecule has 0 saturated heterocycles. The maximum absolute atomic E-state index is 14.1. The molecule has 1 aliphatic carbocycles. The average molecular weight is 332 g/mol. The molecule has 1 heterocycles. The van der Waals surface area contributed by atoms with E-state index >= 15 is 0 Å². The zero-order chi connectivity index (χ0) is 17.1. The summed E-state index contributed by atoms with van der Waals surface area (Å²) >= 11 is 0. The predicted octanol–water partition coefficient (Wildman–Crippen LogP) is 1.89. The summed E-state index contributed by atoms with van der Waals surface area (Å²) in [6, 6.07) is 6.27. The van der Waals surface area contributed by atoms with E-state index in [4.69, 9.17) is 0 Å². The first-order valence-corrected chi connectivity index (χ1v) is 7.70. The third kappa shape index (κ3) is 2.94. The van der Waals surface area contributed by atoms with Crippen LogP contribution in [0.25, 0.3) is 5.69 Å². The number of aromatic nitrogens is 2. The number of hydrogen-bond donors (Lipinski definition) is 2. The summed E-state index contributed by atoms with van der Waals surface area (Å²) in [7, 11) is 0. The number of nitrogens with one attached hydrogen (secondary N) is 2. The molecule has 0 spiro atoms. The van der Waals surface area contributed by atoms with Crippen molar-refractivity contribution < 1.29 is 18.7 Å². The molecule has 1 aliphatic rings. The molecule has 24 heavy (non-hydrogen) atoms. The smallest absolute Gasteiger partial charge is 0.426 e. The fraction of sp³-hybridized carbons (Fsp3) is 0.312. The highest BCUT2D eigenvalue weighted by atomic mass is 19.1. The van der Waals surface area contributed by atoms with E-state index in [1.165, 1.54) is 10.7 Å². The van der Waals surface area contributed by atoms with E-state index in [2.05, 4.69) is 20.7 Å². The Morgan fingerprint density at radius 3 is 2.83 bits per heavy atom. The summed E-state index contributed by atoms with van der Waals surface area (Å²) in [6.45, 7) is 1.85. The van der Waals surface area contributed by atoms with E-state index in [0.29, 0.717) is 12.1 Å². The van der Waals surface area contributed by atoms with Gasteiger partial charge in [-0.15, -0.1) is 0 Å². The Kier molecular flexibility index (Phi) is 4.45. The number of carbonyl (C=O) groups is 2. The number of carbonyl (C=O) groups excluding carboxylic acids is 2. The zero-order valence-corrected chi connectivity index (χ0v) is 13.1. The molecule has 126 valence electrons. The molecule has 1 aromatic heterocycles. The number of nitrogens with zero attached hydrogens (tertiary/aromatic N) is 2. The highest BCUT2D eigenvalue weighted by Gasteiger charge is 2.27. The minimum atomic E-state index is -0.754. The van der Waals surface area contributed by atoms with E-state index in [1.54, 1.807) is 25.1 Å². The van der Waals surface area contributed by atoms with Crippen LogP contribution in [0.1, 0.15) is 35.1 Å². The largest absolute Gasteiger partial charge is 0.449 e. The SMILES string of the molecule is CCOC(=O)NNC(=O)c1nn(-c2ccccc2F)c2c1CCC2. The first kappa shape index (κ1) is 16.0. The summed E-state index contributed by atoms with van der Waals surface area (Å²) in [5, 5.41) is 4.26. The lowest BCUT2D eigenvalue weighted by Gasteiger charge is -2.07. The van der Waals surface area contributed by atoms with Gasteiger partial charge in [0.25, 0.3) is 5.91 Å². The van der Waals surface area contributed by atoms with Gasteiger partial charge in [0.1, 0.15) is 11.5 Å². The van der Waals surface area contributed by atoms with E-state index < -0.39 is 17.8 Å². The average Bonchev–Trinajstić information content (AvgIpc) is 3.16. The number of hydrogen-bond acceptors (Lipinski definition) is 4. The summed E-state index contributed by atoms with van der Waals surface area (Å²) in [6.07, 6.45) is 1.52. The van der Waals surface area contributed by atoms with E-state index in [9.17, 15) is 14.0 Å². The van der Waals surface area contributed by atoms with Crippen molar-refractivity contribution in [1.82, 2.24) is 20.6 Å². The molecule has 0 unspecified atom stereocenters. The fourth-order valence-corrected chi connectivity index (χ4v) is 2.78. The Morgan fingerprint density at radius 2 is 2.08 bits per heavy atom. The number of hydrazine groups is 1. The highest BCUT2D eigenvalue weighted by molar-refractivity contribution is 5.95. The lowest BCUT2D eigenvalue weighted by atomic mass is 10.2. The van der Waals surface area contributed by atoms with Crippen molar-refractivity contribution in [2.24, 2.45) is 0 Å². The van der Waals surface area contributed by atoms with Gasteiger partial charge in [0.15, 0.2) is 5.69 Å². The minimum absolute atomic E-state index is 0.183. The minimum Gasteiger partial charge on any atom is -0.449 e. The Morgan fingerprint density at radius 1 is 1.29 bits per heavy atom. The topological polar surface area (TPSA) is 85.2 Å². The first-order valence-electron chi connectivity index (χ1n) is 7.70. The second kappa shape index (κ2) is 6.69. The third-order valence-electron chi connectivity index (χ3n) is 3.78. The maximum atomic E-state index is 14.1. The van der Waals surface area contributed by atoms with Gasteiger partial charge < -0.3 is 4.74 Å². The van der Waals surface area contributed by atoms with Crippen LogP contribution in [-0.4, -0.2) is 28.4 Å². The lowest BCUT2D eigenvalue weighted by Crippen LogP contribution is -2.42. The van der Waals surface area contributed by atoms with Gasteiger partial charge in [0, 0.05) is 11.3 Å². The molecule has 0 radical (unpaired) electrons. The second-order valence-electron chi connectivity index (χ2n) is 5.29. The second-order valence-corrected chi connectivity index (χ2v) is 5.29. The maximum Gasteiger partial charge on any atom is 0.426 e. The molecular formula is C16H17FN4O3. The normalized spacial score (nSPS) is 12.6. The van der Waals surface area contributed by atoms with Crippen LogP contribution in [-0.2, 0) is 17.6 Å². The fourth-order valence-electron chi connectivity index (χ4n) is 2.78. The van der Waals surface area contributed by atoms with Crippen LogP contribution in [0, 0.1) is 5.82 Å².